The lowest BCUT2D eigenvalue weighted by Gasteiger charge is -2.37. The van der Waals surface area contributed by atoms with Gasteiger partial charge in [0.25, 0.3) is 5.91 Å². The number of nitrogens with zero attached hydrogens (tertiary/aromatic N) is 4. The third-order valence-electron chi connectivity index (χ3n) is 7.57. The predicted molar refractivity (Wildman–Crippen MR) is 184 cm³/mol. The molecule has 2 heterocycles. The van der Waals surface area contributed by atoms with Gasteiger partial charge in [-0.3, -0.25) is 14.3 Å². The number of benzene rings is 3. The number of rotatable bonds is 9. The van der Waals surface area contributed by atoms with Crippen molar-refractivity contribution in [1.29, 1.82) is 0 Å². The second kappa shape index (κ2) is 16.8. The van der Waals surface area contributed by atoms with Crippen LogP contribution >= 0.6 is 48.8 Å². The Morgan fingerprint density at radius 3 is 2.23 bits per heavy atom. The minimum Gasteiger partial charge on any atom is -0.497 e. The smallest absolute Gasteiger partial charge is 0.271 e. The van der Waals surface area contributed by atoms with Crippen molar-refractivity contribution in [3.63, 3.8) is 0 Å². The molecule has 0 aliphatic carbocycles. The van der Waals surface area contributed by atoms with Crippen LogP contribution < -0.4 is 15.0 Å². The standard InChI is InChI=1S/C32H36ClN5O2.3ClH/c1-23-28(33)11-7-12-29(23)37-21-19-36(20-22-37)18-8-17-34-32(39)30-24(2)38(26-13-15-27(40-3)16-14-26)31(35-30)25-9-5-4-6-10-25;;;/h4-7,9-16H,8,17-22H2,1-3H3,(H,34,39);3*1H. The fourth-order valence-electron chi connectivity index (χ4n) is 5.28. The van der Waals surface area contributed by atoms with E-state index in [2.05, 4.69) is 28.1 Å². The monoisotopic (exact) mass is 665 g/mol. The number of imidazole rings is 1. The summed E-state index contributed by atoms with van der Waals surface area (Å²) in [6, 6.07) is 23.9. The van der Waals surface area contributed by atoms with Crippen LogP contribution in [0.2, 0.25) is 5.02 Å². The van der Waals surface area contributed by atoms with E-state index in [1.807, 2.05) is 78.2 Å². The molecule has 1 fully saturated rings. The number of anilines is 1. The number of aromatic nitrogens is 2. The first-order chi connectivity index (χ1) is 19.5. The first-order valence-electron chi connectivity index (χ1n) is 13.8. The summed E-state index contributed by atoms with van der Waals surface area (Å²) < 4.78 is 7.36. The molecule has 1 N–H and O–H groups in total. The number of carbonyl (C=O) groups is 1. The van der Waals surface area contributed by atoms with Crippen LogP contribution in [0.5, 0.6) is 5.75 Å². The second-order valence-electron chi connectivity index (χ2n) is 10.1. The molecule has 1 aromatic heterocycles. The van der Waals surface area contributed by atoms with Crippen LogP contribution in [-0.2, 0) is 0 Å². The average Bonchev–Trinajstić information content (AvgIpc) is 3.34. The maximum Gasteiger partial charge on any atom is 0.271 e. The van der Waals surface area contributed by atoms with E-state index in [4.69, 9.17) is 21.3 Å². The lowest BCUT2D eigenvalue weighted by Crippen LogP contribution is -2.47. The SMILES string of the molecule is COc1ccc(-n2c(-c3ccccc3)nc(C(=O)NCCCN3CCN(c4cccc(Cl)c4C)CC3)c2C)cc1.Cl.Cl.Cl. The van der Waals surface area contributed by atoms with Gasteiger partial charge in [0.2, 0.25) is 0 Å². The Labute approximate surface area is 277 Å². The number of halogens is 4. The quantitative estimate of drug-likeness (QED) is 0.195. The van der Waals surface area contributed by atoms with E-state index in [0.29, 0.717) is 12.2 Å². The largest absolute Gasteiger partial charge is 0.497 e. The molecule has 1 aliphatic rings. The molecule has 43 heavy (non-hydrogen) atoms. The van der Waals surface area contributed by atoms with E-state index in [9.17, 15) is 4.79 Å². The normalized spacial score (nSPS) is 12.9. The number of methoxy groups -OCH3 is 1. The van der Waals surface area contributed by atoms with Crippen molar-refractivity contribution in [3.05, 3.63) is 94.8 Å². The lowest BCUT2D eigenvalue weighted by molar-refractivity contribution is 0.0946. The molecule has 1 aliphatic heterocycles. The molecule has 5 rings (SSSR count). The van der Waals surface area contributed by atoms with Crippen LogP contribution in [0.4, 0.5) is 5.69 Å². The summed E-state index contributed by atoms with van der Waals surface area (Å²) in [5, 5.41) is 3.92. The summed E-state index contributed by atoms with van der Waals surface area (Å²) in [5.41, 5.74) is 5.48. The van der Waals surface area contributed by atoms with Crippen molar-refractivity contribution >= 4 is 60.4 Å². The number of piperazine rings is 1. The van der Waals surface area contributed by atoms with E-state index in [-0.39, 0.29) is 43.1 Å². The Morgan fingerprint density at radius 2 is 1.58 bits per heavy atom. The van der Waals surface area contributed by atoms with Gasteiger partial charge in [0.1, 0.15) is 17.3 Å². The average molecular weight is 668 g/mol. The van der Waals surface area contributed by atoms with Crippen molar-refractivity contribution in [2.45, 2.75) is 20.3 Å². The highest BCUT2D eigenvalue weighted by atomic mass is 35.5. The Morgan fingerprint density at radius 1 is 0.907 bits per heavy atom. The molecule has 0 saturated carbocycles. The van der Waals surface area contributed by atoms with Crippen molar-refractivity contribution < 1.29 is 9.53 Å². The highest BCUT2D eigenvalue weighted by Crippen LogP contribution is 2.28. The molecule has 232 valence electrons. The Hall–Kier alpha value is -2.94. The molecule has 0 unspecified atom stereocenters. The van der Waals surface area contributed by atoms with E-state index < -0.39 is 0 Å². The van der Waals surface area contributed by atoms with Crippen LogP contribution in [0, 0.1) is 13.8 Å². The molecular formula is C32H39Cl4N5O2. The first-order valence-corrected chi connectivity index (χ1v) is 14.1. The highest BCUT2D eigenvalue weighted by Gasteiger charge is 2.22. The summed E-state index contributed by atoms with van der Waals surface area (Å²) in [6.07, 6.45) is 0.881. The predicted octanol–water partition coefficient (Wildman–Crippen LogP) is 7.03. The molecule has 3 aromatic carbocycles. The molecule has 1 saturated heterocycles. The van der Waals surface area contributed by atoms with Crippen molar-refractivity contribution in [2.75, 3.05) is 51.3 Å². The van der Waals surface area contributed by atoms with E-state index in [1.54, 1.807) is 7.11 Å². The third-order valence-corrected chi connectivity index (χ3v) is 7.98. The van der Waals surface area contributed by atoms with Gasteiger partial charge in [-0.15, -0.1) is 37.2 Å². The van der Waals surface area contributed by atoms with Gasteiger partial charge in [0.15, 0.2) is 0 Å². The minimum absolute atomic E-state index is 0. The topological polar surface area (TPSA) is 62.6 Å². The van der Waals surface area contributed by atoms with Gasteiger partial charge in [0.05, 0.1) is 12.8 Å². The van der Waals surface area contributed by atoms with Crippen LogP contribution in [0.15, 0.2) is 72.8 Å². The van der Waals surface area contributed by atoms with Gasteiger partial charge in [-0.2, -0.15) is 0 Å². The van der Waals surface area contributed by atoms with Crippen molar-refractivity contribution in [1.82, 2.24) is 19.8 Å². The van der Waals surface area contributed by atoms with Gasteiger partial charge in [-0.05, 0) is 68.8 Å². The molecule has 1 amide bonds. The number of nitrogens with one attached hydrogen (secondary N) is 1. The van der Waals surface area contributed by atoms with Crippen LogP contribution in [-0.4, -0.2) is 66.7 Å². The number of ether oxygens (including phenoxy) is 1. The third kappa shape index (κ3) is 8.37. The van der Waals surface area contributed by atoms with E-state index in [0.717, 1.165) is 78.2 Å². The summed E-state index contributed by atoms with van der Waals surface area (Å²) in [5.74, 6) is 1.37. The zero-order valence-electron chi connectivity index (χ0n) is 24.6. The highest BCUT2D eigenvalue weighted by molar-refractivity contribution is 6.31. The summed E-state index contributed by atoms with van der Waals surface area (Å²) >= 11 is 6.33. The van der Waals surface area contributed by atoms with Crippen LogP contribution in [0.1, 0.15) is 28.2 Å². The van der Waals surface area contributed by atoms with Crippen LogP contribution in [0.25, 0.3) is 17.1 Å². The number of hydrogen-bond acceptors (Lipinski definition) is 5. The molecule has 4 aromatic rings. The number of carbonyl (C=O) groups excluding carboxylic acids is 1. The van der Waals surface area contributed by atoms with Gasteiger partial charge in [0, 0.05) is 54.7 Å². The van der Waals surface area contributed by atoms with Crippen molar-refractivity contribution in [3.8, 4) is 22.8 Å². The molecule has 0 spiro atoms. The fourth-order valence-corrected chi connectivity index (χ4v) is 5.45. The fraction of sp³-hybridized carbons (Fsp3) is 0.312. The molecule has 0 atom stereocenters. The van der Waals surface area contributed by atoms with Gasteiger partial charge < -0.3 is 15.0 Å². The maximum absolute atomic E-state index is 13.3. The van der Waals surface area contributed by atoms with Crippen LogP contribution in [0.3, 0.4) is 0 Å². The molecule has 7 nitrogen and oxygen atoms in total. The molecule has 0 radical (unpaired) electrons. The minimum atomic E-state index is -0.150. The molecule has 0 bridgehead atoms. The Kier molecular flexibility index (Phi) is 14.2. The maximum atomic E-state index is 13.3. The van der Waals surface area contributed by atoms with Gasteiger partial charge in [-0.25, -0.2) is 4.98 Å². The molecule has 11 heteroatoms. The second-order valence-corrected chi connectivity index (χ2v) is 10.5. The van der Waals surface area contributed by atoms with Gasteiger partial charge >= 0.3 is 0 Å². The lowest BCUT2D eigenvalue weighted by atomic mass is 10.1. The Bertz CT molecular complexity index is 1460. The first kappa shape index (κ1) is 36.3. The van der Waals surface area contributed by atoms with Crippen molar-refractivity contribution in [2.24, 2.45) is 0 Å². The van der Waals surface area contributed by atoms with E-state index in [1.165, 1.54) is 5.69 Å². The van der Waals surface area contributed by atoms with E-state index >= 15 is 0 Å². The Balaban J connectivity index is 0.00000215. The number of hydrogen-bond donors (Lipinski definition) is 1. The zero-order valence-corrected chi connectivity index (χ0v) is 27.8. The van der Waals surface area contributed by atoms with Gasteiger partial charge in [-0.1, -0.05) is 48.0 Å². The zero-order chi connectivity index (χ0) is 28.1. The summed E-state index contributed by atoms with van der Waals surface area (Å²) in [6.45, 7) is 9.49. The number of amides is 1. The summed E-state index contributed by atoms with van der Waals surface area (Å²) in [7, 11) is 1.65. The summed E-state index contributed by atoms with van der Waals surface area (Å²) in [4.78, 5) is 22.9. The molecular weight excluding hydrogens is 628 g/mol.